The Balaban J connectivity index is 2.35. The molecular weight excluding hydrogens is 335 g/mol. The minimum atomic E-state index is -3.82. The number of hydrogen-bond acceptors (Lipinski definition) is 4. The molecule has 21 heavy (non-hydrogen) atoms. The van der Waals surface area contributed by atoms with Crippen molar-refractivity contribution in [2.45, 2.75) is 24.2 Å². The lowest BCUT2D eigenvalue weighted by Crippen LogP contribution is -2.27. The second-order valence-electron chi connectivity index (χ2n) is 4.50. The van der Waals surface area contributed by atoms with E-state index in [1.807, 2.05) is 6.92 Å². The summed E-state index contributed by atoms with van der Waals surface area (Å²) in [7, 11) is -2.38. The van der Waals surface area contributed by atoms with E-state index in [9.17, 15) is 12.8 Å². The average molecular weight is 349 g/mol. The van der Waals surface area contributed by atoms with Crippen molar-refractivity contribution in [2.24, 2.45) is 0 Å². The number of alkyl halides is 1. The van der Waals surface area contributed by atoms with Crippen LogP contribution in [0.15, 0.2) is 28.5 Å². The lowest BCUT2D eigenvalue weighted by atomic mass is 10.2. The first-order valence-corrected chi connectivity index (χ1v) is 8.91. The summed E-state index contributed by atoms with van der Waals surface area (Å²) in [5.74, 6) is -0.612. The number of thiazole rings is 1. The van der Waals surface area contributed by atoms with E-state index in [1.165, 1.54) is 30.5 Å². The summed E-state index contributed by atoms with van der Waals surface area (Å²) in [6.45, 7) is 1.98. The van der Waals surface area contributed by atoms with Crippen LogP contribution in [0.4, 0.5) is 4.39 Å². The Bertz CT molecular complexity index is 746. The van der Waals surface area contributed by atoms with E-state index in [4.69, 9.17) is 11.6 Å². The highest BCUT2D eigenvalue weighted by atomic mass is 35.5. The van der Waals surface area contributed by atoms with Crippen molar-refractivity contribution < 1.29 is 12.8 Å². The van der Waals surface area contributed by atoms with Gasteiger partial charge in [-0.1, -0.05) is 6.07 Å². The molecule has 114 valence electrons. The summed E-state index contributed by atoms with van der Waals surface area (Å²) < 4.78 is 39.6. The van der Waals surface area contributed by atoms with Gasteiger partial charge < -0.3 is 0 Å². The van der Waals surface area contributed by atoms with E-state index >= 15 is 0 Å². The van der Waals surface area contributed by atoms with E-state index in [0.717, 1.165) is 15.4 Å². The van der Waals surface area contributed by atoms with Gasteiger partial charge in [0.15, 0.2) is 0 Å². The second kappa shape index (κ2) is 6.39. The highest BCUT2D eigenvalue weighted by molar-refractivity contribution is 7.89. The molecule has 0 radical (unpaired) electrons. The maximum Gasteiger partial charge on any atom is 0.243 e. The maximum absolute atomic E-state index is 13.4. The Hall–Kier alpha value is -1.02. The molecule has 2 aromatic rings. The monoisotopic (exact) mass is 348 g/mol. The van der Waals surface area contributed by atoms with Crippen LogP contribution < -0.4 is 0 Å². The minimum absolute atomic E-state index is 0.00150. The molecule has 2 rings (SSSR count). The van der Waals surface area contributed by atoms with Gasteiger partial charge in [-0.2, -0.15) is 4.31 Å². The van der Waals surface area contributed by atoms with Crippen molar-refractivity contribution in [1.82, 2.24) is 9.29 Å². The highest BCUT2D eigenvalue weighted by Crippen LogP contribution is 2.23. The third-order valence-electron chi connectivity index (χ3n) is 2.91. The van der Waals surface area contributed by atoms with Crippen LogP contribution in [-0.4, -0.2) is 24.8 Å². The van der Waals surface area contributed by atoms with E-state index in [1.54, 1.807) is 5.38 Å². The third kappa shape index (κ3) is 3.60. The van der Waals surface area contributed by atoms with Crippen LogP contribution in [-0.2, 0) is 22.4 Å². The molecule has 0 aliphatic heterocycles. The SMILES string of the molecule is Cc1nc(CN(C)S(=O)(=O)c2cc(F)ccc2CCl)cs1. The minimum Gasteiger partial charge on any atom is -0.245 e. The van der Waals surface area contributed by atoms with Crippen LogP contribution in [0.5, 0.6) is 0 Å². The Labute approximate surface area is 132 Å². The molecule has 0 fully saturated rings. The van der Waals surface area contributed by atoms with Crippen molar-refractivity contribution in [2.75, 3.05) is 7.05 Å². The van der Waals surface area contributed by atoms with Crippen molar-refractivity contribution >= 4 is 33.0 Å². The molecule has 0 saturated carbocycles. The molecule has 0 unspecified atom stereocenters. The fraction of sp³-hybridized carbons (Fsp3) is 0.308. The molecule has 0 bridgehead atoms. The number of benzene rings is 1. The topological polar surface area (TPSA) is 50.3 Å². The number of rotatable bonds is 5. The van der Waals surface area contributed by atoms with Gasteiger partial charge >= 0.3 is 0 Å². The second-order valence-corrected chi connectivity index (χ2v) is 7.85. The number of nitrogens with zero attached hydrogens (tertiary/aromatic N) is 2. The molecule has 0 aliphatic carbocycles. The summed E-state index contributed by atoms with van der Waals surface area (Å²) in [5, 5.41) is 2.66. The average Bonchev–Trinajstić information content (AvgIpc) is 2.84. The molecular formula is C13H14ClFN2O2S2. The van der Waals surface area contributed by atoms with Crippen molar-refractivity contribution in [3.63, 3.8) is 0 Å². The lowest BCUT2D eigenvalue weighted by Gasteiger charge is -2.18. The molecule has 0 amide bonds. The molecule has 1 heterocycles. The van der Waals surface area contributed by atoms with Crippen LogP contribution in [0, 0.1) is 12.7 Å². The number of hydrogen-bond donors (Lipinski definition) is 0. The summed E-state index contributed by atoms with van der Waals surface area (Å²) in [6, 6.07) is 3.58. The van der Waals surface area contributed by atoms with Crippen LogP contribution in [0.2, 0.25) is 0 Å². The van der Waals surface area contributed by atoms with E-state index in [-0.39, 0.29) is 17.3 Å². The third-order valence-corrected chi connectivity index (χ3v) is 5.91. The number of aryl methyl sites for hydroxylation is 1. The smallest absolute Gasteiger partial charge is 0.243 e. The fourth-order valence-electron chi connectivity index (χ4n) is 1.84. The van der Waals surface area contributed by atoms with Crippen molar-refractivity contribution in [3.8, 4) is 0 Å². The Morgan fingerprint density at radius 1 is 1.43 bits per heavy atom. The van der Waals surface area contributed by atoms with Gasteiger partial charge in [0.25, 0.3) is 0 Å². The predicted octanol–water partition coefficient (Wildman–Crippen LogP) is 3.15. The van der Waals surface area contributed by atoms with Gasteiger partial charge in [0, 0.05) is 18.3 Å². The molecule has 0 aliphatic rings. The zero-order valence-electron chi connectivity index (χ0n) is 11.5. The molecule has 1 aromatic carbocycles. The first kappa shape index (κ1) is 16.4. The van der Waals surface area contributed by atoms with Crippen LogP contribution in [0.1, 0.15) is 16.3 Å². The molecule has 8 heteroatoms. The van der Waals surface area contributed by atoms with Crippen molar-refractivity contribution in [3.05, 3.63) is 45.7 Å². The normalized spacial score (nSPS) is 12.0. The van der Waals surface area contributed by atoms with Gasteiger partial charge in [0.1, 0.15) is 5.82 Å². The summed E-state index contributed by atoms with van der Waals surface area (Å²) in [6.07, 6.45) is 0. The molecule has 0 saturated heterocycles. The zero-order valence-corrected chi connectivity index (χ0v) is 13.9. The van der Waals surface area contributed by atoms with E-state index in [0.29, 0.717) is 11.3 Å². The summed E-state index contributed by atoms with van der Waals surface area (Å²) in [4.78, 5) is 4.13. The first-order valence-electron chi connectivity index (χ1n) is 6.06. The quantitative estimate of drug-likeness (QED) is 0.780. The van der Waals surface area contributed by atoms with Gasteiger partial charge in [0.05, 0.1) is 22.1 Å². The molecule has 0 atom stereocenters. The Kier molecular flexibility index (Phi) is 4.98. The highest BCUT2D eigenvalue weighted by Gasteiger charge is 2.25. The van der Waals surface area contributed by atoms with E-state index < -0.39 is 15.8 Å². The number of aromatic nitrogens is 1. The number of halogens is 2. The fourth-order valence-corrected chi connectivity index (χ4v) is 4.13. The van der Waals surface area contributed by atoms with Crippen molar-refractivity contribution in [1.29, 1.82) is 0 Å². The zero-order chi connectivity index (χ0) is 15.6. The molecule has 0 N–H and O–H groups in total. The van der Waals surface area contributed by atoms with Gasteiger partial charge in [-0.3, -0.25) is 0 Å². The van der Waals surface area contributed by atoms with Gasteiger partial charge in [0.2, 0.25) is 10.0 Å². The standard InChI is InChI=1S/C13H14ClFN2O2S2/c1-9-16-12(8-20-9)7-17(2)21(18,19)13-5-11(15)4-3-10(13)6-14/h3-5,8H,6-7H2,1-2H3. The number of sulfonamides is 1. The molecule has 4 nitrogen and oxygen atoms in total. The lowest BCUT2D eigenvalue weighted by molar-refractivity contribution is 0.461. The Morgan fingerprint density at radius 3 is 2.71 bits per heavy atom. The first-order chi connectivity index (χ1) is 9.84. The van der Waals surface area contributed by atoms with Crippen LogP contribution in [0.25, 0.3) is 0 Å². The van der Waals surface area contributed by atoms with Gasteiger partial charge in [-0.05, 0) is 24.6 Å². The predicted molar refractivity (Wildman–Crippen MR) is 81.5 cm³/mol. The van der Waals surface area contributed by atoms with Gasteiger partial charge in [-0.15, -0.1) is 22.9 Å². The molecule has 1 aromatic heterocycles. The van der Waals surface area contributed by atoms with Crippen LogP contribution >= 0.6 is 22.9 Å². The largest absolute Gasteiger partial charge is 0.245 e. The Morgan fingerprint density at radius 2 is 2.14 bits per heavy atom. The summed E-state index contributed by atoms with van der Waals surface area (Å²) in [5.41, 5.74) is 1.03. The maximum atomic E-state index is 13.4. The van der Waals surface area contributed by atoms with E-state index in [2.05, 4.69) is 4.98 Å². The van der Waals surface area contributed by atoms with Crippen LogP contribution in [0.3, 0.4) is 0 Å². The summed E-state index contributed by atoms with van der Waals surface area (Å²) >= 11 is 7.19. The molecule has 0 spiro atoms. The van der Waals surface area contributed by atoms with Gasteiger partial charge in [-0.25, -0.2) is 17.8 Å².